The quantitative estimate of drug-likeness (QED) is 0.373. The Kier molecular flexibility index (Phi) is 10.9. The van der Waals surface area contributed by atoms with Gasteiger partial charge < -0.3 is 0 Å². The van der Waals surface area contributed by atoms with Gasteiger partial charge in [0.25, 0.3) is 0 Å². The standard InChI is InChI=1S/CH4O2S2.Na/c1-3-5(2)4;/h5H,1H3;. The van der Waals surface area contributed by atoms with Crippen LogP contribution in [-0.2, 0) is 25.0 Å². The van der Waals surface area contributed by atoms with Gasteiger partial charge in [-0.15, -0.1) is 0 Å². The molecule has 0 spiro atoms. The monoisotopic (exact) mass is 135 g/mol. The molecule has 0 saturated heterocycles. The zero-order chi connectivity index (χ0) is 4.28. The van der Waals surface area contributed by atoms with Gasteiger partial charge in [0.15, 0.2) is 0 Å². The predicted molar refractivity (Wildman–Crippen MR) is 29.7 cm³/mol. The molecule has 0 aromatic carbocycles. The van der Waals surface area contributed by atoms with Gasteiger partial charge in [-0.05, 0) is 0 Å². The fraction of sp³-hybridized carbons (Fsp3) is 1.00. The van der Waals surface area contributed by atoms with Crippen LogP contribution in [0.3, 0.4) is 0 Å². The van der Waals surface area contributed by atoms with Crippen LogP contribution < -0.4 is 0 Å². The average Bonchev–Trinajstić information content (AvgIpc) is 1.38. The Labute approximate surface area is 65.5 Å². The van der Waals surface area contributed by atoms with Gasteiger partial charge in [0.2, 0.25) is 0 Å². The first-order chi connectivity index (χ1) is 2.27. The third kappa shape index (κ3) is 9.01. The van der Waals surface area contributed by atoms with E-state index in [2.05, 4.69) is 15.4 Å². The summed E-state index contributed by atoms with van der Waals surface area (Å²) in [7, 11) is -0.454. The Bertz CT molecular complexity index is 69.6. The normalized spacial score (nSPS) is 12.2. The van der Waals surface area contributed by atoms with Crippen LogP contribution in [0.15, 0.2) is 0 Å². The van der Waals surface area contributed by atoms with Crippen molar-refractivity contribution in [3.63, 3.8) is 0 Å². The molecule has 0 rings (SSSR count). The molecule has 2 nitrogen and oxygen atoms in total. The summed E-state index contributed by atoms with van der Waals surface area (Å²) in [5, 5.41) is 0. The summed E-state index contributed by atoms with van der Waals surface area (Å²) in [6.45, 7) is 0. The van der Waals surface area contributed by atoms with E-state index in [0.717, 1.165) is 0 Å². The van der Waals surface area contributed by atoms with Crippen LogP contribution in [0.5, 0.6) is 0 Å². The van der Waals surface area contributed by atoms with Gasteiger partial charge in [0, 0.05) is 40.7 Å². The van der Waals surface area contributed by atoms with Crippen LogP contribution in [0, 0.1) is 0 Å². The summed E-state index contributed by atoms with van der Waals surface area (Å²) in [5.41, 5.74) is 0. The van der Waals surface area contributed by atoms with Gasteiger partial charge in [-0.25, -0.2) is 4.21 Å². The number of thiol groups is 1. The number of hydrogen-bond donors (Lipinski definition) is 1. The van der Waals surface area contributed by atoms with Crippen molar-refractivity contribution in [2.24, 2.45) is 0 Å². The van der Waals surface area contributed by atoms with Crippen molar-refractivity contribution in [2.75, 3.05) is 7.11 Å². The smallest absolute Gasteiger partial charge is 0.132 e. The molecule has 0 bridgehead atoms. The molecule has 0 aliphatic rings. The SMILES string of the molecule is CO[SH](=O)=S.[Na]. The largest absolute Gasteiger partial charge is 0.295 e. The summed E-state index contributed by atoms with van der Waals surface area (Å²) >= 11 is 4.07. The molecule has 0 aliphatic heterocycles. The maximum absolute atomic E-state index is 9.55. The predicted octanol–water partition coefficient (Wildman–Crippen LogP) is -0.890. The summed E-state index contributed by atoms with van der Waals surface area (Å²) in [5.74, 6) is 0. The summed E-state index contributed by atoms with van der Waals surface area (Å²) in [4.78, 5) is 0. The van der Waals surface area contributed by atoms with Crippen LogP contribution in [0.1, 0.15) is 0 Å². The van der Waals surface area contributed by atoms with E-state index in [9.17, 15) is 4.21 Å². The number of hydrogen-bond acceptors (Lipinski definition) is 3. The van der Waals surface area contributed by atoms with Crippen LogP contribution in [0.4, 0.5) is 0 Å². The molecule has 0 N–H and O–H groups in total. The molecule has 0 aliphatic carbocycles. The second-order valence-corrected chi connectivity index (χ2v) is 2.11. The van der Waals surface area contributed by atoms with E-state index in [1.807, 2.05) is 0 Å². The van der Waals surface area contributed by atoms with E-state index in [-0.39, 0.29) is 29.6 Å². The Hall–Kier alpha value is 1.33. The first-order valence-electron chi connectivity index (χ1n) is 0.956. The van der Waals surface area contributed by atoms with Gasteiger partial charge >= 0.3 is 0 Å². The zero-order valence-corrected chi connectivity index (χ0v) is 7.38. The third-order valence-electron chi connectivity index (χ3n) is 0.149. The molecule has 0 fully saturated rings. The number of rotatable bonds is 1. The summed E-state index contributed by atoms with van der Waals surface area (Å²) < 4.78 is 13.6. The van der Waals surface area contributed by atoms with Gasteiger partial charge in [-0.3, -0.25) is 4.18 Å². The minimum absolute atomic E-state index is 0. The van der Waals surface area contributed by atoms with E-state index in [0.29, 0.717) is 0 Å². The van der Waals surface area contributed by atoms with Crippen molar-refractivity contribution in [1.29, 1.82) is 0 Å². The van der Waals surface area contributed by atoms with Gasteiger partial charge in [-0.2, -0.15) is 0 Å². The second kappa shape index (κ2) is 6.33. The van der Waals surface area contributed by atoms with Crippen LogP contribution in [0.25, 0.3) is 0 Å². The fourth-order valence-electron chi connectivity index (χ4n) is 0. The Morgan fingerprint density at radius 2 is 2.00 bits per heavy atom. The second-order valence-electron chi connectivity index (χ2n) is 0.406. The molecule has 0 aromatic rings. The molecule has 0 saturated carbocycles. The molecule has 6 heavy (non-hydrogen) atoms. The maximum atomic E-state index is 9.55. The van der Waals surface area contributed by atoms with Crippen molar-refractivity contribution in [3.05, 3.63) is 0 Å². The molecule has 0 heterocycles. The van der Waals surface area contributed by atoms with Crippen molar-refractivity contribution in [2.45, 2.75) is 0 Å². The minimum Gasteiger partial charge on any atom is -0.295 e. The molecule has 1 unspecified atom stereocenters. The van der Waals surface area contributed by atoms with E-state index >= 15 is 0 Å². The topological polar surface area (TPSA) is 26.3 Å². The Balaban J connectivity index is 0. The first-order valence-corrected chi connectivity index (χ1v) is 3.15. The molecular formula is CH4NaO2S2. The molecular weight excluding hydrogens is 131 g/mol. The van der Waals surface area contributed by atoms with E-state index in [1.165, 1.54) is 7.11 Å². The van der Waals surface area contributed by atoms with Crippen molar-refractivity contribution in [3.8, 4) is 0 Å². The van der Waals surface area contributed by atoms with Crippen LogP contribution in [-0.4, -0.2) is 40.9 Å². The molecule has 33 valence electrons. The van der Waals surface area contributed by atoms with E-state index in [4.69, 9.17) is 0 Å². The van der Waals surface area contributed by atoms with Crippen molar-refractivity contribution in [1.82, 2.24) is 0 Å². The minimum atomic E-state index is -1.76. The summed E-state index contributed by atoms with van der Waals surface area (Å²) in [6, 6.07) is 0. The third-order valence-corrected chi connectivity index (χ3v) is 0.894. The first kappa shape index (κ1) is 10.3. The average molecular weight is 135 g/mol. The van der Waals surface area contributed by atoms with E-state index in [1.54, 1.807) is 0 Å². The van der Waals surface area contributed by atoms with Gasteiger partial charge in [0.05, 0.1) is 7.11 Å². The van der Waals surface area contributed by atoms with E-state index < -0.39 is 9.64 Å². The van der Waals surface area contributed by atoms with Crippen LogP contribution in [0.2, 0.25) is 0 Å². The molecule has 0 aromatic heterocycles. The Morgan fingerprint density at radius 3 is 2.00 bits per heavy atom. The van der Waals surface area contributed by atoms with Crippen LogP contribution >= 0.6 is 0 Å². The van der Waals surface area contributed by atoms with Gasteiger partial charge in [-0.1, -0.05) is 0 Å². The molecule has 0 amide bonds. The van der Waals surface area contributed by atoms with Crippen molar-refractivity contribution < 1.29 is 8.39 Å². The van der Waals surface area contributed by atoms with Gasteiger partial charge in [0.1, 0.15) is 9.64 Å². The Morgan fingerprint density at radius 1 is 1.83 bits per heavy atom. The van der Waals surface area contributed by atoms with Crippen molar-refractivity contribution >= 4 is 50.4 Å². The fourth-order valence-corrected chi connectivity index (χ4v) is 0. The summed E-state index contributed by atoms with van der Waals surface area (Å²) in [6.07, 6.45) is 0. The molecule has 1 atom stereocenters. The maximum Gasteiger partial charge on any atom is 0.132 e. The zero-order valence-electron chi connectivity index (χ0n) is 3.67. The molecule has 1 radical (unpaired) electrons. The molecule has 5 heteroatoms.